The molecule has 1 aromatic carbocycles. The highest BCUT2D eigenvalue weighted by molar-refractivity contribution is 6.16. The van der Waals surface area contributed by atoms with Gasteiger partial charge in [-0.1, -0.05) is 0 Å². The number of anilines is 1. The predicted octanol–water partition coefficient (Wildman–Crippen LogP) is 2.15. The first kappa shape index (κ1) is 10.9. The second kappa shape index (κ2) is 4.20. The SMILES string of the molecule is Nc1ccc2c(c1)nc(CCl)n2CC1CCO1. The summed E-state index contributed by atoms with van der Waals surface area (Å²) in [6, 6.07) is 5.76. The van der Waals surface area contributed by atoms with Gasteiger partial charge in [0.2, 0.25) is 0 Å². The number of nitrogen functional groups attached to an aromatic ring is 1. The van der Waals surface area contributed by atoms with Gasteiger partial charge in [0.15, 0.2) is 0 Å². The van der Waals surface area contributed by atoms with Crippen molar-refractivity contribution in [2.24, 2.45) is 0 Å². The van der Waals surface area contributed by atoms with E-state index in [1.165, 1.54) is 0 Å². The Balaban J connectivity index is 2.05. The fourth-order valence-electron chi connectivity index (χ4n) is 2.13. The molecule has 17 heavy (non-hydrogen) atoms. The molecule has 1 fully saturated rings. The summed E-state index contributed by atoms with van der Waals surface area (Å²) in [6.07, 6.45) is 1.41. The molecule has 1 saturated heterocycles. The summed E-state index contributed by atoms with van der Waals surface area (Å²) in [6.45, 7) is 1.68. The molecule has 5 heteroatoms. The number of nitrogens with two attached hydrogens (primary N) is 1. The summed E-state index contributed by atoms with van der Waals surface area (Å²) in [5, 5.41) is 0. The van der Waals surface area contributed by atoms with E-state index in [1.807, 2.05) is 18.2 Å². The molecular weight excluding hydrogens is 238 g/mol. The van der Waals surface area contributed by atoms with Crippen LogP contribution < -0.4 is 5.73 Å². The maximum absolute atomic E-state index is 5.93. The summed E-state index contributed by atoms with van der Waals surface area (Å²) in [4.78, 5) is 4.50. The van der Waals surface area contributed by atoms with E-state index in [1.54, 1.807) is 0 Å². The monoisotopic (exact) mass is 251 g/mol. The topological polar surface area (TPSA) is 53.1 Å². The highest BCUT2D eigenvalue weighted by Gasteiger charge is 2.21. The zero-order valence-corrected chi connectivity index (χ0v) is 10.2. The maximum atomic E-state index is 5.93. The zero-order valence-electron chi connectivity index (χ0n) is 9.40. The Morgan fingerprint density at radius 1 is 1.53 bits per heavy atom. The molecular formula is C12H14ClN3O. The van der Waals surface area contributed by atoms with Gasteiger partial charge in [-0.05, 0) is 24.6 Å². The minimum absolute atomic E-state index is 0.298. The smallest absolute Gasteiger partial charge is 0.124 e. The van der Waals surface area contributed by atoms with Crippen LogP contribution in [0.3, 0.4) is 0 Å². The van der Waals surface area contributed by atoms with Crippen molar-refractivity contribution in [3.05, 3.63) is 24.0 Å². The number of halogens is 1. The molecule has 1 atom stereocenters. The number of alkyl halides is 1. The second-order valence-corrected chi connectivity index (χ2v) is 4.57. The lowest BCUT2D eigenvalue weighted by molar-refractivity contribution is -0.0589. The molecule has 0 amide bonds. The van der Waals surface area contributed by atoms with Gasteiger partial charge in [0.05, 0.1) is 29.6 Å². The highest BCUT2D eigenvalue weighted by atomic mass is 35.5. The molecule has 0 bridgehead atoms. The molecule has 4 nitrogen and oxygen atoms in total. The molecule has 0 radical (unpaired) electrons. The van der Waals surface area contributed by atoms with E-state index >= 15 is 0 Å². The van der Waals surface area contributed by atoms with Crippen LogP contribution in [0.5, 0.6) is 0 Å². The quantitative estimate of drug-likeness (QED) is 0.672. The lowest BCUT2D eigenvalue weighted by atomic mass is 10.2. The van der Waals surface area contributed by atoms with Crippen LogP contribution in [0.25, 0.3) is 11.0 Å². The lowest BCUT2D eigenvalue weighted by Crippen LogP contribution is -2.31. The molecule has 1 aliphatic rings. The van der Waals surface area contributed by atoms with E-state index in [0.717, 1.165) is 42.1 Å². The lowest BCUT2D eigenvalue weighted by Gasteiger charge is -2.27. The van der Waals surface area contributed by atoms with Crippen LogP contribution in [0.15, 0.2) is 18.2 Å². The molecule has 0 saturated carbocycles. The summed E-state index contributed by atoms with van der Waals surface area (Å²) >= 11 is 5.93. The zero-order chi connectivity index (χ0) is 11.8. The van der Waals surface area contributed by atoms with Gasteiger partial charge in [0, 0.05) is 12.3 Å². The number of nitrogens with zero attached hydrogens (tertiary/aromatic N) is 2. The third-order valence-corrected chi connectivity index (χ3v) is 3.39. The van der Waals surface area contributed by atoms with Crippen molar-refractivity contribution in [2.45, 2.75) is 24.9 Å². The molecule has 3 rings (SSSR count). The first-order valence-electron chi connectivity index (χ1n) is 5.70. The Bertz CT molecular complexity index is 548. The molecule has 0 aliphatic carbocycles. The highest BCUT2D eigenvalue weighted by Crippen LogP contribution is 2.23. The number of rotatable bonds is 3. The first-order chi connectivity index (χ1) is 8.28. The van der Waals surface area contributed by atoms with Crippen molar-refractivity contribution < 1.29 is 4.74 Å². The van der Waals surface area contributed by atoms with Crippen molar-refractivity contribution in [2.75, 3.05) is 12.3 Å². The number of fused-ring (bicyclic) bond motifs is 1. The van der Waals surface area contributed by atoms with Gasteiger partial charge in [-0.2, -0.15) is 0 Å². The van der Waals surface area contributed by atoms with Crippen LogP contribution in [0, 0.1) is 0 Å². The summed E-state index contributed by atoms with van der Waals surface area (Å²) in [5.74, 6) is 1.28. The normalized spacial score (nSPS) is 19.5. The van der Waals surface area contributed by atoms with Crippen molar-refractivity contribution in [3.8, 4) is 0 Å². The molecule has 1 unspecified atom stereocenters. The summed E-state index contributed by atoms with van der Waals surface area (Å²) < 4.78 is 7.59. The van der Waals surface area contributed by atoms with Crippen LogP contribution in [0.2, 0.25) is 0 Å². The van der Waals surface area contributed by atoms with E-state index < -0.39 is 0 Å². The number of aromatic nitrogens is 2. The molecule has 2 heterocycles. The van der Waals surface area contributed by atoms with Gasteiger partial charge >= 0.3 is 0 Å². The Morgan fingerprint density at radius 2 is 2.35 bits per heavy atom. The fourth-order valence-corrected chi connectivity index (χ4v) is 2.34. The Kier molecular flexibility index (Phi) is 2.68. The van der Waals surface area contributed by atoms with Gasteiger partial charge in [-0.15, -0.1) is 11.6 Å². The standard InChI is InChI=1S/C12H14ClN3O/c13-6-12-15-10-5-8(14)1-2-11(10)16(12)7-9-3-4-17-9/h1-2,5,9H,3-4,6-7,14H2. The molecule has 0 spiro atoms. The number of imidazole rings is 1. The molecule has 1 aromatic heterocycles. The van der Waals surface area contributed by atoms with E-state index in [0.29, 0.717) is 12.0 Å². The first-order valence-corrected chi connectivity index (χ1v) is 6.23. The molecule has 90 valence electrons. The maximum Gasteiger partial charge on any atom is 0.124 e. The van der Waals surface area contributed by atoms with Crippen molar-refractivity contribution in [1.82, 2.24) is 9.55 Å². The van der Waals surface area contributed by atoms with Gasteiger partial charge in [-0.3, -0.25) is 0 Å². The average Bonchev–Trinajstić information content (AvgIpc) is 2.60. The van der Waals surface area contributed by atoms with E-state index in [-0.39, 0.29) is 0 Å². The van der Waals surface area contributed by atoms with Crippen molar-refractivity contribution in [1.29, 1.82) is 0 Å². The molecule has 2 aromatic rings. The predicted molar refractivity (Wildman–Crippen MR) is 68.1 cm³/mol. The number of ether oxygens (including phenoxy) is 1. The summed E-state index contributed by atoms with van der Waals surface area (Å²) in [5.41, 5.74) is 8.46. The molecule has 2 N–H and O–H groups in total. The van der Waals surface area contributed by atoms with Gasteiger partial charge in [0.1, 0.15) is 5.82 Å². The van der Waals surface area contributed by atoms with Crippen LogP contribution in [-0.4, -0.2) is 22.3 Å². The fraction of sp³-hybridized carbons (Fsp3) is 0.417. The molecule has 1 aliphatic heterocycles. The van der Waals surface area contributed by atoms with Gasteiger partial charge in [0.25, 0.3) is 0 Å². The number of hydrogen-bond acceptors (Lipinski definition) is 3. The number of benzene rings is 1. The van der Waals surface area contributed by atoms with Gasteiger partial charge < -0.3 is 15.0 Å². The third kappa shape index (κ3) is 1.87. The second-order valence-electron chi connectivity index (χ2n) is 4.30. The Labute approximate surface area is 104 Å². The summed E-state index contributed by atoms with van der Waals surface area (Å²) in [7, 11) is 0. The van der Waals surface area contributed by atoms with Gasteiger partial charge in [-0.25, -0.2) is 4.98 Å². The van der Waals surface area contributed by atoms with Crippen molar-refractivity contribution >= 4 is 28.3 Å². The third-order valence-electron chi connectivity index (χ3n) is 3.15. The Morgan fingerprint density at radius 3 is 3.00 bits per heavy atom. The van der Waals surface area contributed by atoms with E-state index in [4.69, 9.17) is 22.1 Å². The van der Waals surface area contributed by atoms with Crippen molar-refractivity contribution in [3.63, 3.8) is 0 Å². The van der Waals surface area contributed by atoms with Crippen LogP contribution in [0.1, 0.15) is 12.2 Å². The van der Waals surface area contributed by atoms with Crippen LogP contribution in [0.4, 0.5) is 5.69 Å². The minimum atomic E-state index is 0.298. The number of hydrogen-bond donors (Lipinski definition) is 1. The van der Waals surface area contributed by atoms with E-state index in [2.05, 4.69) is 9.55 Å². The Hall–Kier alpha value is -1.26. The largest absolute Gasteiger partial charge is 0.399 e. The average molecular weight is 252 g/mol. The minimum Gasteiger partial charge on any atom is -0.399 e. The van der Waals surface area contributed by atoms with Crippen LogP contribution in [-0.2, 0) is 17.2 Å². The van der Waals surface area contributed by atoms with Crippen LogP contribution >= 0.6 is 11.6 Å². The van der Waals surface area contributed by atoms with E-state index in [9.17, 15) is 0 Å².